The molecule has 2 fully saturated rings. The molecule has 2 saturated heterocycles. The van der Waals surface area contributed by atoms with Crippen LogP contribution in [0.5, 0.6) is 0 Å². The molecule has 160 valence electrons. The lowest BCUT2D eigenvalue weighted by atomic mass is 9.98. The third-order valence-corrected chi connectivity index (χ3v) is 7.51. The monoisotopic (exact) mass is 421 g/mol. The van der Waals surface area contributed by atoms with Gasteiger partial charge in [0, 0.05) is 38.3 Å². The molecule has 7 nitrogen and oxygen atoms in total. The van der Waals surface area contributed by atoms with Gasteiger partial charge < -0.3 is 10.2 Å². The molecule has 2 heterocycles. The highest BCUT2D eigenvalue weighted by molar-refractivity contribution is 7.89. The maximum Gasteiger partial charge on any atom is 0.243 e. The molecule has 1 unspecified atom stereocenters. The number of carbonyl (C=O) groups is 2. The number of sulfonamides is 1. The molecule has 3 rings (SSSR count). The van der Waals surface area contributed by atoms with Gasteiger partial charge in [0.15, 0.2) is 0 Å². The third kappa shape index (κ3) is 5.17. The lowest BCUT2D eigenvalue weighted by molar-refractivity contribution is -0.126. The highest BCUT2D eigenvalue weighted by Crippen LogP contribution is 2.27. The summed E-state index contributed by atoms with van der Waals surface area (Å²) < 4.78 is 27.6. The van der Waals surface area contributed by atoms with Gasteiger partial charge in [-0.1, -0.05) is 13.8 Å². The Morgan fingerprint density at radius 3 is 2.52 bits per heavy atom. The Balaban J connectivity index is 1.65. The van der Waals surface area contributed by atoms with Gasteiger partial charge in [-0.2, -0.15) is 4.31 Å². The molecule has 8 heteroatoms. The van der Waals surface area contributed by atoms with Crippen molar-refractivity contribution < 1.29 is 18.0 Å². The molecule has 2 amide bonds. The lowest BCUT2D eigenvalue weighted by Gasteiger charge is -2.31. The average molecular weight is 422 g/mol. The maximum atomic E-state index is 13.1. The Morgan fingerprint density at radius 1 is 1.17 bits per heavy atom. The predicted molar refractivity (Wildman–Crippen MR) is 112 cm³/mol. The second kappa shape index (κ2) is 9.26. The van der Waals surface area contributed by atoms with E-state index in [-0.39, 0.29) is 29.2 Å². The van der Waals surface area contributed by atoms with Crippen LogP contribution < -0.4 is 10.2 Å². The molecular weight excluding hydrogens is 390 g/mol. The first kappa shape index (κ1) is 21.8. The van der Waals surface area contributed by atoms with Crippen LogP contribution in [0.3, 0.4) is 0 Å². The van der Waals surface area contributed by atoms with Crippen LogP contribution in [0.15, 0.2) is 29.2 Å². The second-order valence-corrected chi connectivity index (χ2v) is 10.3. The zero-order valence-electron chi connectivity index (χ0n) is 17.3. The first-order valence-corrected chi connectivity index (χ1v) is 11.9. The molecule has 0 spiro atoms. The van der Waals surface area contributed by atoms with E-state index in [9.17, 15) is 18.0 Å². The van der Waals surface area contributed by atoms with Crippen molar-refractivity contribution in [3.8, 4) is 0 Å². The summed E-state index contributed by atoms with van der Waals surface area (Å²) in [5, 5.41) is 2.94. The smallest absolute Gasteiger partial charge is 0.243 e. The lowest BCUT2D eigenvalue weighted by Crippen LogP contribution is -2.45. The molecule has 2 aliphatic heterocycles. The third-order valence-electron chi connectivity index (χ3n) is 5.64. The minimum atomic E-state index is -3.67. The second-order valence-electron chi connectivity index (χ2n) is 8.32. The fourth-order valence-electron chi connectivity index (χ4n) is 3.87. The van der Waals surface area contributed by atoms with Crippen molar-refractivity contribution in [2.75, 3.05) is 31.1 Å². The van der Waals surface area contributed by atoms with Crippen LogP contribution >= 0.6 is 0 Å². The molecule has 2 aliphatic rings. The molecule has 1 aromatic rings. The quantitative estimate of drug-likeness (QED) is 0.732. The van der Waals surface area contributed by atoms with Gasteiger partial charge in [-0.05, 0) is 55.9 Å². The van der Waals surface area contributed by atoms with Crippen molar-refractivity contribution >= 4 is 27.5 Å². The zero-order chi connectivity index (χ0) is 21.0. The number of piperidine rings is 1. The number of hydrogen-bond donors (Lipinski definition) is 1. The van der Waals surface area contributed by atoms with Crippen molar-refractivity contribution in [3.05, 3.63) is 24.3 Å². The summed E-state index contributed by atoms with van der Waals surface area (Å²) in [6, 6.07) is 6.50. The normalized spacial score (nSPS) is 21.0. The number of anilines is 1. The highest BCUT2D eigenvalue weighted by Gasteiger charge is 2.33. The SMILES string of the molecule is CC(C)CCNC(=O)C1CCCN(S(=O)(=O)c2ccc(N3CCCC3=O)cc2)C1. The number of rotatable bonds is 7. The van der Waals surface area contributed by atoms with E-state index in [1.807, 2.05) is 0 Å². The number of carbonyl (C=O) groups excluding carboxylic acids is 2. The molecule has 0 radical (unpaired) electrons. The average Bonchev–Trinajstić information content (AvgIpc) is 3.13. The summed E-state index contributed by atoms with van der Waals surface area (Å²) in [6.45, 7) is 6.13. The molecule has 1 atom stereocenters. The maximum absolute atomic E-state index is 13.1. The Kier molecular flexibility index (Phi) is 6.95. The van der Waals surface area contributed by atoms with E-state index < -0.39 is 10.0 Å². The van der Waals surface area contributed by atoms with E-state index in [1.54, 1.807) is 29.2 Å². The number of nitrogens with one attached hydrogen (secondary N) is 1. The van der Waals surface area contributed by atoms with Gasteiger partial charge in [0.2, 0.25) is 21.8 Å². The fourth-order valence-corrected chi connectivity index (χ4v) is 5.40. The first-order chi connectivity index (χ1) is 13.8. The van der Waals surface area contributed by atoms with Crippen LogP contribution in [0, 0.1) is 11.8 Å². The fraction of sp³-hybridized carbons (Fsp3) is 0.619. The Morgan fingerprint density at radius 2 is 1.90 bits per heavy atom. The summed E-state index contributed by atoms with van der Waals surface area (Å²) in [4.78, 5) is 26.2. The van der Waals surface area contributed by atoms with E-state index >= 15 is 0 Å². The van der Waals surface area contributed by atoms with E-state index in [2.05, 4.69) is 19.2 Å². The summed E-state index contributed by atoms with van der Waals surface area (Å²) in [7, 11) is -3.67. The van der Waals surface area contributed by atoms with Crippen molar-refractivity contribution in [2.24, 2.45) is 11.8 Å². The predicted octanol–water partition coefficient (Wildman–Crippen LogP) is 2.38. The Bertz CT molecular complexity index is 836. The number of nitrogens with zero attached hydrogens (tertiary/aromatic N) is 2. The number of hydrogen-bond acceptors (Lipinski definition) is 4. The minimum absolute atomic E-state index is 0.0616. The van der Waals surface area contributed by atoms with Crippen molar-refractivity contribution in [1.29, 1.82) is 0 Å². The molecule has 0 saturated carbocycles. The van der Waals surface area contributed by atoms with Crippen molar-refractivity contribution in [2.45, 2.75) is 50.8 Å². The Labute approximate surface area is 173 Å². The topological polar surface area (TPSA) is 86.8 Å². The van der Waals surface area contributed by atoms with Gasteiger partial charge in [0.1, 0.15) is 0 Å². The molecule has 0 aliphatic carbocycles. The molecule has 29 heavy (non-hydrogen) atoms. The summed E-state index contributed by atoms with van der Waals surface area (Å²) >= 11 is 0. The van der Waals surface area contributed by atoms with Gasteiger partial charge in [0.05, 0.1) is 10.8 Å². The van der Waals surface area contributed by atoms with E-state index in [0.717, 1.165) is 18.5 Å². The first-order valence-electron chi connectivity index (χ1n) is 10.5. The van der Waals surface area contributed by atoms with E-state index in [1.165, 1.54) is 4.31 Å². The van der Waals surface area contributed by atoms with Crippen LogP contribution in [0.25, 0.3) is 0 Å². The summed E-state index contributed by atoms with van der Waals surface area (Å²) in [5.74, 6) is 0.209. The zero-order valence-corrected chi connectivity index (χ0v) is 18.1. The largest absolute Gasteiger partial charge is 0.356 e. The Hall–Kier alpha value is -1.93. The van der Waals surface area contributed by atoms with Gasteiger partial charge in [-0.15, -0.1) is 0 Å². The van der Waals surface area contributed by atoms with Crippen LogP contribution in [-0.2, 0) is 19.6 Å². The van der Waals surface area contributed by atoms with Gasteiger partial charge in [-0.3, -0.25) is 9.59 Å². The minimum Gasteiger partial charge on any atom is -0.356 e. The van der Waals surface area contributed by atoms with Gasteiger partial charge in [0.25, 0.3) is 0 Å². The molecule has 1 N–H and O–H groups in total. The van der Waals surface area contributed by atoms with Crippen LogP contribution in [-0.4, -0.2) is 50.7 Å². The van der Waals surface area contributed by atoms with Gasteiger partial charge in [-0.25, -0.2) is 8.42 Å². The molecule has 0 bridgehead atoms. The molecule has 1 aromatic carbocycles. The van der Waals surface area contributed by atoms with Gasteiger partial charge >= 0.3 is 0 Å². The van der Waals surface area contributed by atoms with E-state index in [0.29, 0.717) is 44.8 Å². The van der Waals surface area contributed by atoms with Crippen LogP contribution in [0.4, 0.5) is 5.69 Å². The number of amides is 2. The van der Waals surface area contributed by atoms with Crippen LogP contribution in [0.1, 0.15) is 46.0 Å². The number of benzene rings is 1. The van der Waals surface area contributed by atoms with Crippen LogP contribution in [0.2, 0.25) is 0 Å². The van der Waals surface area contributed by atoms with Crippen molar-refractivity contribution in [1.82, 2.24) is 9.62 Å². The standard InChI is InChI=1S/C21H31N3O4S/c1-16(2)11-12-22-21(26)17-5-3-13-23(15-17)29(27,28)19-9-7-18(8-10-19)24-14-4-6-20(24)25/h7-10,16-17H,3-6,11-15H2,1-2H3,(H,22,26). The summed E-state index contributed by atoms with van der Waals surface area (Å²) in [5.41, 5.74) is 0.729. The van der Waals surface area contributed by atoms with Crippen molar-refractivity contribution in [3.63, 3.8) is 0 Å². The summed E-state index contributed by atoms with van der Waals surface area (Å²) in [6.07, 6.45) is 3.64. The highest BCUT2D eigenvalue weighted by atomic mass is 32.2. The molecular formula is C21H31N3O4S. The van der Waals surface area contributed by atoms with E-state index in [4.69, 9.17) is 0 Å². The molecule has 0 aromatic heterocycles.